The Morgan fingerprint density at radius 2 is 1.79 bits per heavy atom. The average Bonchev–Trinajstić information content (AvgIpc) is 3.25. The summed E-state index contributed by atoms with van der Waals surface area (Å²) in [6.07, 6.45) is -1.44. The number of rotatable bonds is 5. The summed E-state index contributed by atoms with van der Waals surface area (Å²) in [6.45, 7) is 1.32. The first kappa shape index (κ1) is 24.0. The van der Waals surface area contributed by atoms with Gasteiger partial charge in [-0.05, 0) is 61.9 Å². The van der Waals surface area contributed by atoms with Crippen LogP contribution in [-0.4, -0.2) is 41.4 Å². The molecule has 0 radical (unpaired) electrons. The summed E-state index contributed by atoms with van der Waals surface area (Å²) in [5, 5.41) is 11.4. The topological polar surface area (TPSA) is 66.7 Å². The highest BCUT2D eigenvalue weighted by Gasteiger charge is 2.37. The Morgan fingerprint density at radius 3 is 2.44 bits per heavy atom. The van der Waals surface area contributed by atoms with Gasteiger partial charge in [0.15, 0.2) is 0 Å². The minimum atomic E-state index is -4.67. The van der Waals surface area contributed by atoms with E-state index in [-0.39, 0.29) is 29.4 Å². The standard InChI is InChI=1S/C24H25F4N3O3/c25-19-4-1-3-16(13-19)14-20-5-2-10-30(20)23(32)17-8-11-29(12-9-17)21-7-6-18(24(26,27)28)15-22(21)31(33)34/h1,3-4,6-7,13,15,17,20H,2,5,8-12,14H2. The van der Waals surface area contributed by atoms with Gasteiger partial charge in [0.05, 0.1) is 10.5 Å². The van der Waals surface area contributed by atoms with E-state index in [9.17, 15) is 32.5 Å². The van der Waals surface area contributed by atoms with Crippen molar-refractivity contribution in [1.29, 1.82) is 0 Å². The van der Waals surface area contributed by atoms with E-state index in [0.717, 1.165) is 30.5 Å². The number of nitrogens with zero attached hydrogens (tertiary/aromatic N) is 3. The second kappa shape index (κ2) is 9.60. The van der Waals surface area contributed by atoms with Gasteiger partial charge in [-0.3, -0.25) is 14.9 Å². The van der Waals surface area contributed by atoms with Gasteiger partial charge in [0.25, 0.3) is 5.69 Å². The van der Waals surface area contributed by atoms with Crippen LogP contribution in [0.25, 0.3) is 0 Å². The van der Waals surface area contributed by atoms with Gasteiger partial charge in [0, 0.05) is 37.7 Å². The molecule has 1 atom stereocenters. The molecule has 2 heterocycles. The molecule has 2 aromatic rings. The molecule has 2 aliphatic heterocycles. The van der Waals surface area contributed by atoms with E-state index in [1.54, 1.807) is 11.0 Å². The Balaban J connectivity index is 1.41. The summed E-state index contributed by atoms with van der Waals surface area (Å²) in [7, 11) is 0. The van der Waals surface area contributed by atoms with Crippen molar-refractivity contribution in [2.75, 3.05) is 24.5 Å². The van der Waals surface area contributed by atoms with Crippen LogP contribution in [0, 0.1) is 21.8 Å². The van der Waals surface area contributed by atoms with Crippen molar-refractivity contribution < 1.29 is 27.3 Å². The molecule has 4 rings (SSSR count). The zero-order chi connectivity index (χ0) is 24.5. The second-order valence-electron chi connectivity index (χ2n) is 8.88. The lowest BCUT2D eigenvalue weighted by Crippen LogP contribution is -2.45. The number of anilines is 1. The van der Waals surface area contributed by atoms with E-state index in [1.165, 1.54) is 12.1 Å². The number of nitro benzene ring substituents is 1. The molecule has 0 bridgehead atoms. The van der Waals surface area contributed by atoms with Gasteiger partial charge in [-0.2, -0.15) is 13.2 Å². The number of amides is 1. The van der Waals surface area contributed by atoms with Crippen molar-refractivity contribution in [2.24, 2.45) is 5.92 Å². The average molecular weight is 479 g/mol. The maximum Gasteiger partial charge on any atom is 0.416 e. The monoisotopic (exact) mass is 479 g/mol. The van der Waals surface area contributed by atoms with E-state index < -0.39 is 22.4 Å². The molecule has 0 aliphatic carbocycles. The summed E-state index contributed by atoms with van der Waals surface area (Å²) in [6, 6.07) is 8.92. The molecule has 0 spiro atoms. The van der Waals surface area contributed by atoms with Gasteiger partial charge < -0.3 is 9.80 Å². The van der Waals surface area contributed by atoms with Gasteiger partial charge in [0.2, 0.25) is 5.91 Å². The molecule has 182 valence electrons. The van der Waals surface area contributed by atoms with Gasteiger partial charge in [-0.25, -0.2) is 4.39 Å². The lowest BCUT2D eigenvalue weighted by molar-refractivity contribution is -0.384. The number of halogens is 4. The zero-order valence-corrected chi connectivity index (χ0v) is 18.4. The lowest BCUT2D eigenvalue weighted by Gasteiger charge is -2.36. The summed E-state index contributed by atoms with van der Waals surface area (Å²) >= 11 is 0. The molecule has 0 aromatic heterocycles. The predicted molar refractivity (Wildman–Crippen MR) is 118 cm³/mol. The van der Waals surface area contributed by atoms with E-state index in [4.69, 9.17) is 0 Å². The van der Waals surface area contributed by atoms with Crippen LogP contribution in [0.1, 0.15) is 36.8 Å². The fourth-order valence-corrected chi connectivity index (χ4v) is 4.99. The Kier molecular flexibility index (Phi) is 6.77. The molecule has 2 aromatic carbocycles. The third-order valence-corrected chi connectivity index (χ3v) is 6.70. The SMILES string of the molecule is O=C(C1CCN(c2ccc(C(F)(F)F)cc2[N+](=O)[O-])CC1)N1CCCC1Cc1cccc(F)c1. The first-order chi connectivity index (χ1) is 16.1. The highest BCUT2D eigenvalue weighted by Crippen LogP contribution is 2.38. The number of carbonyl (C=O) groups is 1. The van der Waals surface area contributed by atoms with Crippen LogP contribution in [0.15, 0.2) is 42.5 Å². The van der Waals surface area contributed by atoms with Gasteiger partial charge in [0.1, 0.15) is 11.5 Å². The van der Waals surface area contributed by atoms with Crippen LogP contribution in [0.3, 0.4) is 0 Å². The van der Waals surface area contributed by atoms with Gasteiger partial charge in [-0.1, -0.05) is 12.1 Å². The van der Waals surface area contributed by atoms with Crippen LogP contribution in [-0.2, 0) is 17.4 Å². The largest absolute Gasteiger partial charge is 0.416 e. The van der Waals surface area contributed by atoms with Crippen LogP contribution < -0.4 is 4.90 Å². The van der Waals surface area contributed by atoms with Crippen LogP contribution >= 0.6 is 0 Å². The molecule has 6 nitrogen and oxygen atoms in total. The molecule has 10 heteroatoms. The Labute approximate surface area is 194 Å². The number of nitro groups is 1. The van der Waals surface area contributed by atoms with E-state index in [2.05, 4.69) is 0 Å². The predicted octanol–water partition coefficient (Wildman–Crippen LogP) is 5.20. The fourth-order valence-electron chi connectivity index (χ4n) is 4.99. The fraction of sp³-hybridized carbons (Fsp3) is 0.458. The molecular weight excluding hydrogens is 454 g/mol. The molecular formula is C24H25F4N3O3. The second-order valence-corrected chi connectivity index (χ2v) is 8.88. The highest BCUT2D eigenvalue weighted by atomic mass is 19.4. The minimum absolute atomic E-state index is 0.00308. The van der Waals surface area contributed by atoms with Crippen molar-refractivity contribution in [2.45, 2.75) is 44.3 Å². The molecule has 0 N–H and O–H groups in total. The van der Waals surface area contributed by atoms with E-state index in [0.29, 0.717) is 45.0 Å². The number of piperidine rings is 1. The Hall–Kier alpha value is -3.17. The summed E-state index contributed by atoms with van der Waals surface area (Å²) in [4.78, 5) is 27.4. The molecule has 2 saturated heterocycles. The van der Waals surface area contributed by atoms with Crippen molar-refractivity contribution in [3.8, 4) is 0 Å². The quantitative estimate of drug-likeness (QED) is 0.336. The number of likely N-dealkylation sites (tertiary alicyclic amines) is 1. The first-order valence-corrected chi connectivity index (χ1v) is 11.3. The van der Waals surface area contributed by atoms with Crippen molar-refractivity contribution in [1.82, 2.24) is 4.90 Å². The van der Waals surface area contributed by atoms with Crippen LogP contribution in [0.4, 0.5) is 28.9 Å². The van der Waals surface area contributed by atoms with E-state index in [1.807, 2.05) is 11.0 Å². The minimum Gasteiger partial charge on any atom is -0.366 e. The highest BCUT2D eigenvalue weighted by molar-refractivity contribution is 5.80. The number of carbonyl (C=O) groups excluding carboxylic acids is 1. The number of hydrogen-bond acceptors (Lipinski definition) is 4. The number of alkyl halides is 3. The maximum atomic E-state index is 13.5. The van der Waals surface area contributed by atoms with Crippen LogP contribution in [0.2, 0.25) is 0 Å². The Bertz CT molecular complexity index is 1070. The van der Waals surface area contributed by atoms with Gasteiger partial charge >= 0.3 is 6.18 Å². The zero-order valence-electron chi connectivity index (χ0n) is 18.4. The molecule has 1 unspecified atom stereocenters. The van der Waals surface area contributed by atoms with Crippen molar-refractivity contribution >= 4 is 17.3 Å². The van der Waals surface area contributed by atoms with Crippen molar-refractivity contribution in [3.63, 3.8) is 0 Å². The van der Waals surface area contributed by atoms with Crippen molar-refractivity contribution in [3.05, 3.63) is 69.5 Å². The smallest absolute Gasteiger partial charge is 0.366 e. The third kappa shape index (κ3) is 5.15. The normalized spacial score (nSPS) is 19.5. The van der Waals surface area contributed by atoms with Crippen LogP contribution in [0.5, 0.6) is 0 Å². The van der Waals surface area contributed by atoms with E-state index >= 15 is 0 Å². The Morgan fingerprint density at radius 1 is 1.06 bits per heavy atom. The molecule has 2 aliphatic rings. The third-order valence-electron chi connectivity index (χ3n) is 6.70. The molecule has 1 amide bonds. The summed E-state index contributed by atoms with van der Waals surface area (Å²) in [5.41, 5.74) is -0.677. The molecule has 34 heavy (non-hydrogen) atoms. The number of benzene rings is 2. The molecule has 0 saturated carbocycles. The van der Waals surface area contributed by atoms with Gasteiger partial charge in [-0.15, -0.1) is 0 Å². The maximum absolute atomic E-state index is 13.5. The first-order valence-electron chi connectivity index (χ1n) is 11.3. The molecule has 2 fully saturated rings. The lowest BCUT2D eigenvalue weighted by atomic mass is 9.93. The summed E-state index contributed by atoms with van der Waals surface area (Å²) < 4.78 is 52.5. The summed E-state index contributed by atoms with van der Waals surface area (Å²) in [5.74, 6) is -0.531. The number of hydrogen-bond donors (Lipinski definition) is 0.